The van der Waals surface area contributed by atoms with Gasteiger partial charge >= 0.3 is 0 Å². The van der Waals surface area contributed by atoms with Gasteiger partial charge in [-0.25, -0.2) is 8.42 Å². The molecule has 1 atom stereocenters. The van der Waals surface area contributed by atoms with Crippen molar-refractivity contribution >= 4 is 44.8 Å². The molecule has 2 amide bonds. The predicted molar refractivity (Wildman–Crippen MR) is 169 cm³/mol. The van der Waals surface area contributed by atoms with E-state index in [0.717, 1.165) is 10.4 Å². The topological polar surface area (TPSA) is 139 Å². The van der Waals surface area contributed by atoms with E-state index in [4.69, 9.17) is 16.3 Å². The van der Waals surface area contributed by atoms with Crippen LogP contribution in [0.5, 0.6) is 5.75 Å². The van der Waals surface area contributed by atoms with Gasteiger partial charge < -0.3 is 15.0 Å². The summed E-state index contributed by atoms with van der Waals surface area (Å²) >= 11 is 6.06. The number of carbonyl (C=O) groups excluding carboxylic acids is 2. The molecule has 0 fully saturated rings. The monoisotopic (exact) mass is 644 g/mol. The van der Waals surface area contributed by atoms with Crippen LogP contribution in [0.2, 0.25) is 5.02 Å². The van der Waals surface area contributed by atoms with E-state index >= 15 is 0 Å². The Morgan fingerprint density at radius 1 is 1.05 bits per heavy atom. The fourth-order valence-corrected chi connectivity index (χ4v) is 6.07. The number of methoxy groups -OCH3 is 1. The number of amides is 2. The van der Waals surface area contributed by atoms with Crippen LogP contribution in [-0.2, 0) is 26.2 Å². The predicted octanol–water partition coefficient (Wildman–Crippen LogP) is 5.48. The summed E-state index contributed by atoms with van der Waals surface area (Å²) in [6, 6.07) is 15.4. The highest BCUT2D eigenvalue weighted by Gasteiger charge is 2.35. The normalized spacial score (nSPS) is 12.2. The van der Waals surface area contributed by atoms with E-state index < -0.39 is 44.9 Å². The van der Waals surface area contributed by atoms with Crippen molar-refractivity contribution in [3.05, 3.63) is 93.0 Å². The molecule has 0 radical (unpaired) electrons. The van der Waals surface area contributed by atoms with E-state index in [1.165, 1.54) is 55.3 Å². The maximum Gasteiger partial charge on any atom is 0.273 e. The van der Waals surface area contributed by atoms with E-state index in [-0.39, 0.29) is 34.8 Å². The zero-order valence-corrected chi connectivity index (χ0v) is 27.1. The fraction of sp³-hybridized carbons (Fsp3) is 0.355. The molecule has 0 spiro atoms. The van der Waals surface area contributed by atoms with E-state index in [2.05, 4.69) is 5.32 Å². The summed E-state index contributed by atoms with van der Waals surface area (Å²) in [5.74, 6) is -0.593. The standard InChI is InChI=1S/C31H37ClN4O7S/c1-7-27(30(38)33-31(3,4)5)34(19-22-9-11-23(32)12-10-22)29(37)20-35(24-13-15-25(43-6)16-14-24)44(41,42)26-17-8-21(2)28(18-26)36(39)40/h8-18,27H,7,19-20H2,1-6H3,(H,33,38)/t27-/m0/s1. The molecule has 0 aromatic heterocycles. The number of sulfonamides is 1. The van der Waals surface area contributed by atoms with Crippen LogP contribution in [0, 0.1) is 17.0 Å². The van der Waals surface area contributed by atoms with Gasteiger partial charge in [0.1, 0.15) is 18.3 Å². The highest BCUT2D eigenvalue weighted by molar-refractivity contribution is 7.92. The number of hydrogen-bond acceptors (Lipinski definition) is 7. The largest absolute Gasteiger partial charge is 0.497 e. The van der Waals surface area contributed by atoms with Crippen LogP contribution in [0.15, 0.2) is 71.6 Å². The Balaban J connectivity index is 2.13. The van der Waals surface area contributed by atoms with Crippen LogP contribution in [0.1, 0.15) is 45.2 Å². The second-order valence-corrected chi connectivity index (χ2v) is 13.5. The average Bonchev–Trinajstić information content (AvgIpc) is 2.95. The number of nitro benzene ring substituents is 1. The summed E-state index contributed by atoms with van der Waals surface area (Å²) in [5.41, 5.74) is 0.129. The lowest BCUT2D eigenvalue weighted by molar-refractivity contribution is -0.385. The van der Waals surface area contributed by atoms with Crippen molar-refractivity contribution < 1.29 is 27.7 Å². The first kappa shape index (κ1) is 34.3. The van der Waals surface area contributed by atoms with Crippen LogP contribution in [-0.4, -0.2) is 55.3 Å². The molecule has 0 saturated heterocycles. The van der Waals surface area contributed by atoms with Gasteiger partial charge in [0.2, 0.25) is 11.8 Å². The highest BCUT2D eigenvalue weighted by Crippen LogP contribution is 2.30. The zero-order valence-electron chi connectivity index (χ0n) is 25.5. The molecule has 3 aromatic carbocycles. The Morgan fingerprint density at radius 2 is 1.66 bits per heavy atom. The Bertz CT molecular complexity index is 1610. The smallest absolute Gasteiger partial charge is 0.273 e. The molecular formula is C31H37ClN4O7S. The average molecular weight is 645 g/mol. The van der Waals surface area contributed by atoms with Crippen molar-refractivity contribution in [3.63, 3.8) is 0 Å². The zero-order chi connectivity index (χ0) is 32.8. The Kier molecular flexibility index (Phi) is 11.0. The number of halogens is 1. The molecule has 0 bridgehead atoms. The number of rotatable bonds is 12. The minimum absolute atomic E-state index is 0.00141. The molecule has 236 valence electrons. The van der Waals surface area contributed by atoms with Crippen LogP contribution in [0.25, 0.3) is 0 Å². The Labute approximate surface area is 263 Å². The van der Waals surface area contributed by atoms with Crippen LogP contribution in [0.4, 0.5) is 11.4 Å². The lowest BCUT2D eigenvalue weighted by Gasteiger charge is -2.34. The number of anilines is 1. The molecule has 0 heterocycles. The molecule has 3 rings (SSSR count). The summed E-state index contributed by atoms with van der Waals surface area (Å²) < 4.78 is 34.3. The van der Waals surface area contributed by atoms with Crippen molar-refractivity contribution in [2.24, 2.45) is 0 Å². The third-order valence-corrected chi connectivity index (χ3v) is 8.78. The number of ether oxygens (including phenoxy) is 1. The SMILES string of the molecule is CC[C@@H](C(=O)NC(C)(C)C)N(Cc1ccc(Cl)cc1)C(=O)CN(c1ccc(OC)cc1)S(=O)(=O)c1ccc(C)c([N+](=O)[O-])c1. The summed E-state index contributed by atoms with van der Waals surface area (Å²) in [5, 5.41) is 15.0. The number of carbonyl (C=O) groups is 2. The van der Waals surface area contributed by atoms with Gasteiger partial charge in [-0.2, -0.15) is 0 Å². The van der Waals surface area contributed by atoms with Crippen molar-refractivity contribution in [2.45, 2.75) is 64.1 Å². The number of hydrogen-bond donors (Lipinski definition) is 1. The van der Waals surface area contributed by atoms with Crippen molar-refractivity contribution in [3.8, 4) is 5.75 Å². The maximum atomic E-state index is 14.2. The number of nitro groups is 1. The van der Waals surface area contributed by atoms with E-state index in [1.54, 1.807) is 31.2 Å². The van der Waals surface area contributed by atoms with E-state index in [1.807, 2.05) is 20.8 Å². The van der Waals surface area contributed by atoms with Gasteiger partial charge in [-0.1, -0.05) is 36.7 Å². The van der Waals surface area contributed by atoms with Crippen LogP contribution in [0.3, 0.4) is 0 Å². The molecule has 0 aliphatic carbocycles. The molecule has 3 aromatic rings. The lowest BCUT2D eigenvalue weighted by atomic mass is 10.1. The first-order valence-electron chi connectivity index (χ1n) is 13.8. The minimum Gasteiger partial charge on any atom is -0.497 e. The number of aryl methyl sites for hydroxylation is 1. The van der Waals surface area contributed by atoms with Crippen LogP contribution >= 0.6 is 11.6 Å². The van der Waals surface area contributed by atoms with Gasteiger partial charge in [0.15, 0.2) is 0 Å². The van der Waals surface area contributed by atoms with Gasteiger partial charge in [-0.3, -0.25) is 24.0 Å². The molecule has 44 heavy (non-hydrogen) atoms. The highest BCUT2D eigenvalue weighted by atomic mass is 35.5. The number of benzene rings is 3. The van der Waals surface area contributed by atoms with Crippen molar-refractivity contribution in [2.75, 3.05) is 18.0 Å². The molecule has 0 aliphatic heterocycles. The summed E-state index contributed by atoms with van der Waals surface area (Å²) in [6.07, 6.45) is 0.251. The molecule has 13 heteroatoms. The van der Waals surface area contributed by atoms with Gasteiger partial charge in [-0.15, -0.1) is 0 Å². The van der Waals surface area contributed by atoms with Gasteiger partial charge in [0.05, 0.1) is 22.6 Å². The molecule has 11 nitrogen and oxygen atoms in total. The molecule has 0 saturated carbocycles. The van der Waals surface area contributed by atoms with E-state index in [9.17, 15) is 28.1 Å². The summed E-state index contributed by atoms with van der Waals surface area (Å²) in [7, 11) is -3.05. The second kappa shape index (κ2) is 14.1. The lowest BCUT2D eigenvalue weighted by Crippen LogP contribution is -2.55. The van der Waals surface area contributed by atoms with Gasteiger partial charge in [0.25, 0.3) is 15.7 Å². The van der Waals surface area contributed by atoms with Crippen molar-refractivity contribution in [1.82, 2.24) is 10.2 Å². The fourth-order valence-electron chi connectivity index (χ4n) is 4.51. The van der Waals surface area contributed by atoms with Gasteiger partial charge in [0, 0.05) is 28.7 Å². The molecular weight excluding hydrogens is 608 g/mol. The Morgan fingerprint density at radius 3 is 2.18 bits per heavy atom. The van der Waals surface area contributed by atoms with Crippen LogP contribution < -0.4 is 14.4 Å². The second-order valence-electron chi connectivity index (χ2n) is 11.2. The third kappa shape index (κ3) is 8.48. The maximum absolute atomic E-state index is 14.2. The quantitative estimate of drug-likeness (QED) is 0.203. The summed E-state index contributed by atoms with van der Waals surface area (Å²) in [6.45, 7) is 8.03. The molecule has 0 aliphatic rings. The number of nitrogens with one attached hydrogen (secondary N) is 1. The first-order valence-corrected chi connectivity index (χ1v) is 15.7. The Hall–Kier alpha value is -4.16. The number of nitrogens with zero attached hydrogens (tertiary/aromatic N) is 3. The molecule has 1 N–H and O–H groups in total. The minimum atomic E-state index is -4.51. The van der Waals surface area contributed by atoms with E-state index in [0.29, 0.717) is 16.3 Å². The van der Waals surface area contributed by atoms with Crippen molar-refractivity contribution in [1.29, 1.82) is 0 Å². The third-order valence-electron chi connectivity index (χ3n) is 6.75. The summed E-state index contributed by atoms with van der Waals surface area (Å²) in [4.78, 5) is 39.5. The first-order chi connectivity index (χ1) is 20.6. The molecule has 0 unspecified atom stereocenters. The van der Waals surface area contributed by atoms with Gasteiger partial charge in [-0.05, 0) is 82.1 Å².